The normalized spacial score (nSPS) is 12.2. The van der Waals surface area contributed by atoms with Gasteiger partial charge in [0.15, 0.2) is 10.7 Å². The third-order valence-corrected chi connectivity index (χ3v) is 5.03. The number of thiophene rings is 1. The number of hydrogen-bond donors (Lipinski definition) is 1. The van der Waals surface area contributed by atoms with Gasteiger partial charge in [0, 0.05) is 0 Å². The Hall–Kier alpha value is -1.87. The van der Waals surface area contributed by atoms with Gasteiger partial charge in [-0.15, -0.1) is 11.3 Å². The van der Waals surface area contributed by atoms with Crippen molar-refractivity contribution in [1.29, 1.82) is 0 Å². The molecule has 9 heteroatoms. The molecule has 0 aliphatic heterocycles. The van der Waals surface area contributed by atoms with E-state index in [0.717, 1.165) is 9.28 Å². The van der Waals surface area contributed by atoms with E-state index in [-0.39, 0.29) is 4.96 Å². The Morgan fingerprint density at radius 2 is 2.18 bits per heavy atom. The van der Waals surface area contributed by atoms with Crippen LogP contribution in [0.3, 0.4) is 0 Å². The first-order valence-electron chi connectivity index (χ1n) is 6.23. The molecule has 3 aromatic rings. The molecule has 0 fully saturated rings. The third-order valence-electron chi connectivity index (χ3n) is 3.13. The molecule has 0 amide bonds. The number of aryl methyl sites for hydroxylation is 1. The monoisotopic (exact) mass is 346 g/mol. The molecule has 0 bridgehead atoms. The summed E-state index contributed by atoms with van der Waals surface area (Å²) >= 11 is 1.92. The molecule has 3 heterocycles. The Balaban J connectivity index is 2.39. The van der Waals surface area contributed by atoms with Crippen molar-refractivity contribution >= 4 is 33.6 Å². The highest BCUT2D eigenvalue weighted by atomic mass is 32.1. The number of alkyl halides is 3. The SMILES string of the molecule is CCc1c(-c2cccs2)nc2sc(C(=O)O)c(C(F)(F)F)n12. The Morgan fingerprint density at radius 1 is 1.45 bits per heavy atom. The number of halogens is 3. The Labute approximate surface area is 130 Å². The van der Waals surface area contributed by atoms with Crippen LogP contribution in [0, 0.1) is 0 Å². The summed E-state index contributed by atoms with van der Waals surface area (Å²) in [5, 5.41) is 10.9. The van der Waals surface area contributed by atoms with Gasteiger partial charge in [-0.25, -0.2) is 9.78 Å². The molecule has 22 heavy (non-hydrogen) atoms. The highest BCUT2D eigenvalue weighted by Gasteiger charge is 2.41. The first-order chi connectivity index (χ1) is 10.3. The largest absolute Gasteiger partial charge is 0.477 e. The maximum absolute atomic E-state index is 13.3. The van der Waals surface area contributed by atoms with E-state index in [0.29, 0.717) is 29.1 Å². The lowest BCUT2D eigenvalue weighted by molar-refractivity contribution is -0.142. The summed E-state index contributed by atoms with van der Waals surface area (Å²) in [4.78, 5) is 15.4. The van der Waals surface area contributed by atoms with Crippen molar-refractivity contribution in [3.05, 3.63) is 33.8 Å². The molecule has 0 radical (unpaired) electrons. The van der Waals surface area contributed by atoms with E-state index >= 15 is 0 Å². The van der Waals surface area contributed by atoms with Crippen molar-refractivity contribution in [1.82, 2.24) is 9.38 Å². The van der Waals surface area contributed by atoms with Crippen molar-refractivity contribution in [2.75, 3.05) is 0 Å². The van der Waals surface area contributed by atoms with Crippen molar-refractivity contribution < 1.29 is 23.1 Å². The number of rotatable bonds is 3. The fraction of sp³-hybridized carbons (Fsp3) is 0.231. The second-order valence-electron chi connectivity index (χ2n) is 4.44. The lowest BCUT2D eigenvalue weighted by Gasteiger charge is -2.09. The topological polar surface area (TPSA) is 54.6 Å². The smallest absolute Gasteiger partial charge is 0.433 e. The van der Waals surface area contributed by atoms with Crippen molar-refractivity contribution in [3.8, 4) is 10.6 Å². The molecule has 0 aromatic carbocycles. The molecule has 0 atom stereocenters. The zero-order valence-corrected chi connectivity index (χ0v) is 12.8. The quantitative estimate of drug-likeness (QED) is 0.764. The molecule has 0 unspecified atom stereocenters. The first kappa shape index (κ1) is 15.0. The zero-order chi connectivity index (χ0) is 16.1. The van der Waals surface area contributed by atoms with E-state index in [1.807, 2.05) is 5.38 Å². The van der Waals surface area contributed by atoms with Crippen molar-refractivity contribution in [2.45, 2.75) is 19.5 Å². The van der Waals surface area contributed by atoms with Gasteiger partial charge in [-0.1, -0.05) is 24.3 Å². The van der Waals surface area contributed by atoms with Crippen LogP contribution in [0.2, 0.25) is 0 Å². The summed E-state index contributed by atoms with van der Waals surface area (Å²) in [5.74, 6) is -1.59. The maximum Gasteiger partial charge on any atom is 0.433 e. The van der Waals surface area contributed by atoms with Crippen LogP contribution < -0.4 is 0 Å². The number of thiazole rings is 1. The number of imidazole rings is 1. The first-order valence-corrected chi connectivity index (χ1v) is 7.92. The summed E-state index contributed by atoms with van der Waals surface area (Å²) < 4.78 is 40.9. The van der Waals surface area contributed by atoms with Crippen LogP contribution in [0.1, 0.15) is 28.0 Å². The number of hydrogen-bond acceptors (Lipinski definition) is 4. The standard InChI is InChI=1S/C13H9F3N2O2S2/c1-2-6-8(7-4-3-5-21-7)17-12-18(6)10(13(14,15)16)9(22-12)11(19)20/h3-5H,2H2,1H3,(H,19,20). The molecule has 3 rings (SSSR count). The summed E-state index contributed by atoms with van der Waals surface area (Å²) in [6, 6.07) is 3.57. The summed E-state index contributed by atoms with van der Waals surface area (Å²) in [6.45, 7) is 1.72. The predicted molar refractivity (Wildman–Crippen MR) is 77.7 cm³/mol. The molecule has 116 valence electrons. The number of carbonyl (C=O) groups is 1. The molecular formula is C13H9F3N2O2S2. The Kier molecular flexibility index (Phi) is 3.48. The van der Waals surface area contributed by atoms with Crippen LogP contribution in [-0.4, -0.2) is 20.5 Å². The van der Waals surface area contributed by atoms with E-state index in [1.54, 1.807) is 19.1 Å². The van der Waals surface area contributed by atoms with Gasteiger partial charge >= 0.3 is 12.1 Å². The lowest BCUT2D eigenvalue weighted by Crippen LogP contribution is -2.15. The van der Waals surface area contributed by atoms with Crippen LogP contribution in [0.4, 0.5) is 13.2 Å². The summed E-state index contributed by atoms with van der Waals surface area (Å²) in [7, 11) is 0. The van der Waals surface area contributed by atoms with Gasteiger partial charge in [-0.3, -0.25) is 4.40 Å². The highest BCUT2D eigenvalue weighted by Crippen LogP contribution is 2.40. The number of carboxylic acid groups (broad SMARTS) is 1. The van der Waals surface area contributed by atoms with Gasteiger partial charge in [0.25, 0.3) is 0 Å². The molecule has 0 spiro atoms. The number of aromatic carboxylic acids is 1. The van der Waals surface area contributed by atoms with Gasteiger partial charge in [0.2, 0.25) is 0 Å². The van der Waals surface area contributed by atoms with Gasteiger partial charge in [0.05, 0.1) is 10.6 Å². The predicted octanol–water partition coefficient (Wildman–Crippen LogP) is 4.40. The van der Waals surface area contributed by atoms with Gasteiger partial charge < -0.3 is 5.11 Å². The molecule has 0 aliphatic rings. The van der Waals surface area contributed by atoms with E-state index in [4.69, 9.17) is 5.11 Å². The average molecular weight is 346 g/mol. The fourth-order valence-corrected chi connectivity index (χ4v) is 4.05. The average Bonchev–Trinajstić information content (AvgIpc) is 3.10. The van der Waals surface area contributed by atoms with Crippen LogP contribution >= 0.6 is 22.7 Å². The molecule has 1 N–H and O–H groups in total. The van der Waals surface area contributed by atoms with Crippen LogP contribution in [0.5, 0.6) is 0 Å². The van der Waals surface area contributed by atoms with Crippen molar-refractivity contribution in [3.63, 3.8) is 0 Å². The minimum absolute atomic E-state index is 0.0463. The molecule has 0 saturated heterocycles. The zero-order valence-electron chi connectivity index (χ0n) is 11.1. The second-order valence-corrected chi connectivity index (χ2v) is 6.36. The third kappa shape index (κ3) is 2.20. The van der Waals surface area contributed by atoms with Gasteiger partial charge in [-0.2, -0.15) is 13.2 Å². The summed E-state index contributed by atoms with van der Waals surface area (Å²) in [6.07, 6.45) is -4.45. The Bertz CT molecular complexity index is 847. The van der Waals surface area contributed by atoms with E-state index in [1.165, 1.54) is 11.3 Å². The molecular weight excluding hydrogens is 337 g/mol. The number of nitrogens with zero attached hydrogens (tertiary/aromatic N) is 2. The second kappa shape index (κ2) is 5.10. The van der Waals surface area contributed by atoms with Gasteiger partial charge in [0.1, 0.15) is 10.6 Å². The van der Waals surface area contributed by atoms with Crippen molar-refractivity contribution in [2.24, 2.45) is 0 Å². The highest BCUT2D eigenvalue weighted by molar-refractivity contribution is 7.19. The molecule has 3 aromatic heterocycles. The number of carboxylic acids is 1. The van der Waals surface area contributed by atoms with Crippen LogP contribution in [0.25, 0.3) is 15.5 Å². The lowest BCUT2D eigenvalue weighted by atomic mass is 10.2. The fourth-order valence-electron chi connectivity index (χ4n) is 2.31. The molecule has 4 nitrogen and oxygen atoms in total. The van der Waals surface area contributed by atoms with Crippen LogP contribution in [0.15, 0.2) is 17.5 Å². The summed E-state index contributed by atoms with van der Waals surface area (Å²) in [5.41, 5.74) is -0.313. The minimum atomic E-state index is -4.76. The Morgan fingerprint density at radius 3 is 2.68 bits per heavy atom. The maximum atomic E-state index is 13.3. The molecule has 0 aliphatic carbocycles. The van der Waals surface area contributed by atoms with E-state index in [9.17, 15) is 18.0 Å². The molecule has 0 saturated carbocycles. The number of aromatic nitrogens is 2. The minimum Gasteiger partial charge on any atom is -0.477 e. The number of fused-ring (bicyclic) bond motifs is 1. The van der Waals surface area contributed by atoms with E-state index < -0.39 is 22.7 Å². The van der Waals surface area contributed by atoms with Gasteiger partial charge in [-0.05, 0) is 17.9 Å². The van der Waals surface area contributed by atoms with E-state index in [2.05, 4.69) is 4.98 Å². The van der Waals surface area contributed by atoms with Crippen LogP contribution in [-0.2, 0) is 12.6 Å².